The lowest BCUT2D eigenvalue weighted by molar-refractivity contribution is -0.135. The van der Waals surface area contributed by atoms with E-state index in [1.54, 1.807) is 22.3 Å². The Labute approximate surface area is 108 Å². The highest BCUT2D eigenvalue weighted by molar-refractivity contribution is 7.18. The predicted octanol–water partition coefficient (Wildman–Crippen LogP) is 2.08. The van der Waals surface area contributed by atoms with Gasteiger partial charge in [-0.05, 0) is 13.0 Å². The van der Waals surface area contributed by atoms with Crippen LogP contribution in [0.25, 0.3) is 10.2 Å². The number of thiophene rings is 1. The summed E-state index contributed by atoms with van der Waals surface area (Å²) in [5.74, 6) is -0.248. The maximum Gasteiger partial charge on any atom is 0.323 e. The van der Waals surface area contributed by atoms with Gasteiger partial charge in [0.2, 0.25) is 0 Å². The van der Waals surface area contributed by atoms with Crippen LogP contribution in [-0.4, -0.2) is 34.1 Å². The highest BCUT2D eigenvalue weighted by atomic mass is 32.1. The molecule has 0 radical (unpaired) electrons. The Hall–Kier alpha value is -1.95. The van der Waals surface area contributed by atoms with E-state index in [9.17, 15) is 4.79 Å². The van der Waals surface area contributed by atoms with E-state index in [1.807, 2.05) is 13.0 Å². The minimum Gasteiger partial charge on any atom is -0.480 e. The number of carboxylic acid groups (broad SMARTS) is 1. The summed E-state index contributed by atoms with van der Waals surface area (Å²) < 4.78 is 0. The third-order valence-electron chi connectivity index (χ3n) is 2.41. The first-order valence-corrected chi connectivity index (χ1v) is 6.22. The molecule has 0 aliphatic rings. The number of aryl methyl sites for hydroxylation is 1. The molecule has 0 fully saturated rings. The second-order valence-electron chi connectivity index (χ2n) is 3.84. The average Bonchev–Trinajstić information content (AvgIpc) is 2.67. The molecule has 0 aliphatic carbocycles. The molecule has 0 spiro atoms. The van der Waals surface area contributed by atoms with Crippen LogP contribution in [-0.2, 0) is 4.79 Å². The van der Waals surface area contributed by atoms with Gasteiger partial charge in [-0.3, -0.25) is 4.79 Å². The van der Waals surface area contributed by atoms with Crippen molar-refractivity contribution in [1.29, 1.82) is 0 Å². The second kappa shape index (κ2) is 5.14. The molecular weight excluding hydrogens is 250 g/mol. The van der Waals surface area contributed by atoms with Gasteiger partial charge in [-0.15, -0.1) is 17.9 Å². The van der Waals surface area contributed by atoms with Gasteiger partial charge in [-0.1, -0.05) is 6.08 Å². The van der Waals surface area contributed by atoms with Crippen molar-refractivity contribution in [2.24, 2.45) is 0 Å². The van der Waals surface area contributed by atoms with Gasteiger partial charge >= 0.3 is 5.97 Å². The maximum absolute atomic E-state index is 10.9. The number of carboxylic acids is 1. The summed E-state index contributed by atoms with van der Waals surface area (Å²) in [7, 11) is 0. The minimum atomic E-state index is -0.893. The third kappa shape index (κ3) is 2.48. The number of carbonyl (C=O) groups is 1. The fraction of sp³-hybridized carbons (Fsp3) is 0.250. The summed E-state index contributed by atoms with van der Waals surface area (Å²) in [5, 5.41) is 9.82. The molecule has 0 atom stereocenters. The van der Waals surface area contributed by atoms with E-state index in [0.29, 0.717) is 12.4 Å². The van der Waals surface area contributed by atoms with Crippen molar-refractivity contribution in [3.8, 4) is 0 Å². The van der Waals surface area contributed by atoms with Crippen molar-refractivity contribution in [3.63, 3.8) is 0 Å². The quantitative estimate of drug-likeness (QED) is 0.836. The topological polar surface area (TPSA) is 66.3 Å². The molecule has 0 saturated heterocycles. The second-order valence-corrected chi connectivity index (χ2v) is 5.07. The number of hydrogen-bond donors (Lipinski definition) is 1. The lowest BCUT2D eigenvalue weighted by atomic mass is 10.3. The lowest BCUT2D eigenvalue weighted by Gasteiger charge is -2.20. The van der Waals surface area contributed by atoms with E-state index in [0.717, 1.165) is 15.1 Å². The fourth-order valence-electron chi connectivity index (χ4n) is 1.76. The van der Waals surface area contributed by atoms with Crippen molar-refractivity contribution in [1.82, 2.24) is 9.97 Å². The van der Waals surface area contributed by atoms with Gasteiger partial charge in [0.15, 0.2) is 0 Å². The van der Waals surface area contributed by atoms with Crippen LogP contribution in [0.15, 0.2) is 25.0 Å². The molecular formula is C12H13N3O2S. The van der Waals surface area contributed by atoms with Crippen molar-refractivity contribution >= 4 is 33.3 Å². The molecule has 18 heavy (non-hydrogen) atoms. The standard InChI is InChI=1S/C12H13N3O2S/c1-3-4-15(6-10(16)17)11-9-5-8(2)18-12(9)14-7-13-11/h3,5,7H,1,4,6H2,2H3,(H,16,17). The number of fused-ring (bicyclic) bond motifs is 1. The van der Waals surface area contributed by atoms with Crippen LogP contribution in [0.3, 0.4) is 0 Å². The van der Waals surface area contributed by atoms with Gasteiger partial charge < -0.3 is 10.0 Å². The van der Waals surface area contributed by atoms with E-state index in [4.69, 9.17) is 5.11 Å². The molecule has 5 nitrogen and oxygen atoms in total. The summed E-state index contributed by atoms with van der Waals surface area (Å²) >= 11 is 1.57. The van der Waals surface area contributed by atoms with Crippen LogP contribution in [0.4, 0.5) is 5.82 Å². The SMILES string of the molecule is C=CCN(CC(=O)O)c1ncnc2sc(C)cc12. The first-order valence-electron chi connectivity index (χ1n) is 5.40. The Bertz CT molecular complexity index is 594. The van der Waals surface area contributed by atoms with E-state index in [2.05, 4.69) is 16.5 Å². The van der Waals surface area contributed by atoms with Crippen LogP contribution >= 0.6 is 11.3 Å². The molecule has 2 heterocycles. The molecule has 0 amide bonds. The maximum atomic E-state index is 10.9. The number of rotatable bonds is 5. The summed E-state index contributed by atoms with van der Waals surface area (Å²) in [6, 6.07) is 1.98. The molecule has 2 aromatic heterocycles. The zero-order valence-corrected chi connectivity index (χ0v) is 10.8. The predicted molar refractivity (Wildman–Crippen MR) is 72.2 cm³/mol. The number of anilines is 1. The number of nitrogens with zero attached hydrogens (tertiary/aromatic N) is 3. The van der Waals surface area contributed by atoms with E-state index in [-0.39, 0.29) is 6.54 Å². The number of aromatic nitrogens is 2. The highest BCUT2D eigenvalue weighted by Gasteiger charge is 2.15. The zero-order chi connectivity index (χ0) is 13.1. The third-order valence-corrected chi connectivity index (χ3v) is 3.37. The van der Waals surface area contributed by atoms with E-state index < -0.39 is 5.97 Å². The molecule has 0 saturated carbocycles. The molecule has 1 N–H and O–H groups in total. The Morgan fingerprint density at radius 2 is 2.39 bits per heavy atom. The average molecular weight is 263 g/mol. The summed E-state index contributed by atoms with van der Waals surface area (Å²) in [5.41, 5.74) is 0. The molecule has 0 aromatic carbocycles. The van der Waals surface area contributed by atoms with Gasteiger partial charge in [0.05, 0.1) is 5.39 Å². The van der Waals surface area contributed by atoms with Crippen LogP contribution < -0.4 is 4.90 Å². The van der Waals surface area contributed by atoms with Crippen molar-refractivity contribution in [2.45, 2.75) is 6.92 Å². The van der Waals surface area contributed by atoms with Crippen LogP contribution in [0.5, 0.6) is 0 Å². The van der Waals surface area contributed by atoms with Gasteiger partial charge in [-0.2, -0.15) is 0 Å². The van der Waals surface area contributed by atoms with Crippen molar-refractivity contribution < 1.29 is 9.90 Å². The molecule has 2 aromatic rings. The summed E-state index contributed by atoms with van der Waals surface area (Å²) in [6.45, 7) is 5.97. The molecule has 2 rings (SSSR count). The molecule has 94 valence electrons. The first kappa shape index (κ1) is 12.5. The Morgan fingerprint density at radius 3 is 3.06 bits per heavy atom. The smallest absolute Gasteiger partial charge is 0.323 e. The van der Waals surface area contributed by atoms with E-state index >= 15 is 0 Å². The van der Waals surface area contributed by atoms with Crippen molar-refractivity contribution in [2.75, 3.05) is 18.0 Å². The fourth-order valence-corrected chi connectivity index (χ4v) is 2.60. The zero-order valence-electron chi connectivity index (χ0n) is 9.96. The monoisotopic (exact) mass is 263 g/mol. The largest absolute Gasteiger partial charge is 0.480 e. The molecule has 6 heteroatoms. The molecule has 0 unspecified atom stereocenters. The van der Waals surface area contributed by atoms with Crippen LogP contribution in [0.2, 0.25) is 0 Å². The van der Waals surface area contributed by atoms with Gasteiger partial charge in [0.1, 0.15) is 23.5 Å². The Morgan fingerprint density at radius 1 is 1.61 bits per heavy atom. The van der Waals surface area contributed by atoms with Gasteiger partial charge in [-0.25, -0.2) is 9.97 Å². The van der Waals surface area contributed by atoms with Gasteiger partial charge in [0.25, 0.3) is 0 Å². The normalized spacial score (nSPS) is 10.5. The van der Waals surface area contributed by atoms with Crippen molar-refractivity contribution in [3.05, 3.63) is 29.9 Å². The lowest BCUT2D eigenvalue weighted by Crippen LogP contribution is -2.30. The number of aliphatic carboxylic acids is 1. The molecule has 0 bridgehead atoms. The Kier molecular flexibility index (Phi) is 3.57. The molecule has 0 aliphatic heterocycles. The minimum absolute atomic E-state index is 0.104. The summed E-state index contributed by atoms with van der Waals surface area (Å²) in [6.07, 6.45) is 3.13. The summed E-state index contributed by atoms with van der Waals surface area (Å²) in [4.78, 5) is 22.9. The van der Waals surface area contributed by atoms with Gasteiger partial charge in [0, 0.05) is 11.4 Å². The highest BCUT2D eigenvalue weighted by Crippen LogP contribution is 2.29. The number of hydrogen-bond acceptors (Lipinski definition) is 5. The van der Waals surface area contributed by atoms with Crippen LogP contribution in [0, 0.1) is 6.92 Å². The van der Waals surface area contributed by atoms with Crippen LogP contribution in [0.1, 0.15) is 4.88 Å². The first-order chi connectivity index (χ1) is 8.61. The van der Waals surface area contributed by atoms with E-state index in [1.165, 1.54) is 6.33 Å². The Balaban J connectivity index is 2.48.